The molecule has 0 radical (unpaired) electrons. The van der Waals surface area contributed by atoms with Crippen LogP contribution >= 0.6 is 0 Å². The van der Waals surface area contributed by atoms with Crippen molar-refractivity contribution in [1.29, 1.82) is 0 Å². The fourth-order valence-corrected chi connectivity index (χ4v) is 4.02. The molecule has 0 aromatic rings. The SMILES string of the molecule is CCC1C(=O)NC(C2CC2)C(=O)N1CC1(C2CC2)CC1. The van der Waals surface area contributed by atoms with E-state index in [9.17, 15) is 9.59 Å². The second-order valence-corrected chi connectivity index (χ2v) is 7.35. The van der Waals surface area contributed by atoms with Crippen molar-refractivity contribution in [3.8, 4) is 0 Å². The summed E-state index contributed by atoms with van der Waals surface area (Å²) in [6.45, 7) is 2.85. The van der Waals surface area contributed by atoms with Gasteiger partial charge in [0, 0.05) is 6.54 Å². The van der Waals surface area contributed by atoms with Crippen LogP contribution in [-0.4, -0.2) is 35.3 Å². The standard InChI is InChI=1S/C16H24N2O2/c1-2-12-14(19)17-13(10-3-4-10)15(20)18(12)9-16(7-8-16)11-5-6-11/h10-13H,2-9H2,1H3,(H,17,19). The number of carbonyl (C=O) groups excluding carboxylic acids is 2. The van der Waals surface area contributed by atoms with E-state index in [1.54, 1.807) is 0 Å². The molecule has 0 aromatic carbocycles. The van der Waals surface area contributed by atoms with E-state index in [1.165, 1.54) is 25.7 Å². The molecule has 2 unspecified atom stereocenters. The van der Waals surface area contributed by atoms with Crippen LogP contribution in [0.15, 0.2) is 0 Å². The maximum atomic E-state index is 12.8. The predicted octanol–water partition coefficient (Wildman–Crippen LogP) is 1.69. The van der Waals surface area contributed by atoms with Gasteiger partial charge in [-0.2, -0.15) is 0 Å². The molecule has 1 aliphatic heterocycles. The van der Waals surface area contributed by atoms with Crippen molar-refractivity contribution in [3.63, 3.8) is 0 Å². The summed E-state index contributed by atoms with van der Waals surface area (Å²) in [6, 6.07) is -0.450. The van der Waals surface area contributed by atoms with Crippen molar-refractivity contribution in [2.45, 2.75) is 64.0 Å². The van der Waals surface area contributed by atoms with Gasteiger partial charge in [-0.1, -0.05) is 6.92 Å². The second-order valence-electron chi connectivity index (χ2n) is 7.35. The number of hydrogen-bond donors (Lipinski definition) is 1. The molecule has 3 saturated carbocycles. The summed E-state index contributed by atoms with van der Waals surface area (Å²) in [7, 11) is 0. The molecule has 4 fully saturated rings. The molecule has 110 valence electrons. The molecule has 0 aromatic heterocycles. The number of hydrogen-bond acceptors (Lipinski definition) is 2. The smallest absolute Gasteiger partial charge is 0.246 e. The molecule has 2 amide bonds. The summed E-state index contributed by atoms with van der Waals surface area (Å²) >= 11 is 0. The van der Waals surface area contributed by atoms with E-state index in [1.807, 2.05) is 11.8 Å². The Morgan fingerprint density at radius 2 is 1.90 bits per heavy atom. The van der Waals surface area contributed by atoms with Gasteiger partial charge < -0.3 is 10.2 Å². The number of amides is 2. The lowest BCUT2D eigenvalue weighted by molar-refractivity contribution is -0.151. The number of piperazine rings is 1. The third kappa shape index (κ3) is 1.95. The van der Waals surface area contributed by atoms with Gasteiger partial charge in [0.05, 0.1) is 0 Å². The summed E-state index contributed by atoms with van der Waals surface area (Å²) < 4.78 is 0. The predicted molar refractivity (Wildman–Crippen MR) is 74.8 cm³/mol. The molecule has 1 N–H and O–H groups in total. The molecule has 20 heavy (non-hydrogen) atoms. The van der Waals surface area contributed by atoms with Crippen LogP contribution in [0.1, 0.15) is 51.9 Å². The van der Waals surface area contributed by atoms with Crippen LogP contribution in [0.4, 0.5) is 0 Å². The maximum absolute atomic E-state index is 12.8. The average molecular weight is 276 g/mol. The summed E-state index contributed by atoms with van der Waals surface area (Å²) in [4.78, 5) is 27.0. The highest BCUT2D eigenvalue weighted by atomic mass is 16.2. The number of rotatable bonds is 5. The zero-order valence-corrected chi connectivity index (χ0v) is 12.2. The van der Waals surface area contributed by atoms with Gasteiger partial charge in [-0.05, 0) is 62.2 Å². The van der Waals surface area contributed by atoms with Crippen LogP contribution in [0.3, 0.4) is 0 Å². The Morgan fingerprint density at radius 1 is 1.20 bits per heavy atom. The monoisotopic (exact) mass is 276 g/mol. The van der Waals surface area contributed by atoms with Crippen molar-refractivity contribution < 1.29 is 9.59 Å². The average Bonchev–Trinajstić information content (AvgIpc) is 3.27. The van der Waals surface area contributed by atoms with Gasteiger partial charge in [-0.15, -0.1) is 0 Å². The zero-order valence-electron chi connectivity index (χ0n) is 12.2. The van der Waals surface area contributed by atoms with Crippen molar-refractivity contribution >= 4 is 11.8 Å². The number of nitrogens with one attached hydrogen (secondary N) is 1. The Bertz CT molecular complexity index is 449. The lowest BCUT2D eigenvalue weighted by Crippen LogP contribution is -2.64. The van der Waals surface area contributed by atoms with Gasteiger partial charge in [-0.25, -0.2) is 0 Å². The molecule has 3 aliphatic carbocycles. The number of carbonyl (C=O) groups is 2. The van der Waals surface area contributed by atoms with Crippen LogP contribution in [0.2, 0.25) is 0 Å². The Balaban J connectivity index is 1.55. The first-order valence-electron chi connectivity index (χ1n) is 8.25. The summed E-state index contributed by atoms with van der Waals surface area (Å²) in [5.74, 6) is 1.52. The van der Waals surface area contributed by atoms with Crippen molar-refractivity contribution in [3.05, 3.63) is 0 Å². The normalized spacial score (nSPS) is 36.0. The van der Waals surface area contributed by atoms with Crippen molar-refractivity contribution in [1.82, 2.24) is 10.2 Å². The molecule has 0 bridgehead atoms. The Morgan fingerprint density at radius 3 is 2.40 bits per heavy atom. The van der Waals surface area contributed by atoms with E-state index in [-0.39, 0.29) is 23.9 Å². The van der Waals surface area contributed by atoms with Crippen LogP contribution < -0.4 is 5.32 Å². The van der Waals surface area contributed by atoms with Gasteiger partial charge in [0.15, 0.2) is 0 Å². The number of nitrogens with zero attached hydrogens (tertiary/aromatic N) is 1. The second kappa shape index (κ2) is 4.22. The van der Waals surface area contributed by atoms with E-state index in [4.69, 9.17) is 0 Å². The Hall–Kier alpha value is -1.06. The van der Waals surface area contributed by atoms with E-state index in [0.29, 0.717) is 11.3 Å². The third-order valence-corrected chi connectivity index (χ3v) is 5.83. The summed E-state index contributed by atoms with van der Waals surface area (Å²) in [5, 5.41) is 2.98. The minimum Gasteiger partial charge on any atom is -0.342 e. The topological polar surface area (TPSA) is 49.4 Å². The first-order chi connectivity index (χ1) is 9.64. The minimum absolute atomic E-state index is 0.0793. The molecule has 4 heteroatoms. The molecule has 4 nitrogen and oxygen atoms in total. The summed E-state index contributed by atoms with van der Waals surface area (Å²) in [5.41, 5.74) is 0.384. The van der Waals surface area contributed by atoms with Crippen molar-refractivity contribution in [2.24, 2.45) is 17.3 Å². The van der Waals surface area contributed by atoms with Gasteiger partial charge in [0.1, 0.15) is 12.1 Å². The first kappa shape index (κ1) is 12.7. The molecule has 1 heterocycles. The maximum Gasteiger partial charge on any atom is 0.246 e. The molecule has 4 rings (SSSR count). The van der Waals surface area contributed by atoms with Gasteiger partial charge in [0.25, 0.3) is 0 Å². The largest absolute Gasteiger partial charge is 0.342 e. The molecule has 2 atom stereocenters. The zero-order chi connectivity index (χ0) is 13.9. The van der Waals surface area contributed by atoms with Crippen LogP contribution in [-0.2, 0) is 9.59 Å². The molecular weight excluding hydrogens is 252 g/mol. The van der Waals surface area contributed by atoms with Crippen LogP contribution in [0.5, 0.6) is 0 Å². The Kier molecular flexibility index (Phi) is 2.67. The van der Waals surface area contributed by atoms with E-state index < -0.39 is 0 Å². The van der Waals surface area contributed by atoms with E-state index in [2.05, 4.69) is 5.32 Å². The lowest BCUT2D eigenvalue weighted by atomic mass is 9.95. The van der Waals surface area contributed by atoms with E-state index in [0.717, 1.165) is 31.7 Å². The van der Waals surface area contributed by atoms with Crippen LogP contribution in [0.25, 0.3) is 0 Å². The summed E-state index contributed by atoms with van der Waals surface area (Å²) in [6.07, 6.45) is 8.09. The third-order valence-electron chi connectivity index (χ3n) is 5.83. The molecular formula is C16H24N2O2. The Labute approximate surface area is 120 Å². The fraction of sp³-hybridized carbons (Fsp3) is 0.875. The van der Waals surface area contributed by atoms with Gasteiger partial charge in [0.2, 0.25) is 11.8 Å². The minimum atomic E-state index is -0.228. The lowest BCUT2D eigenvalue weighted by Gasteiger charge is -2.40. The van der Waals surface area contributed by atoms with Crippen LogP contribution in [0, 0.1) is 17.3 Å². The van der Waals surface area contributed by atoms with Gasteiger partial charge >= 0.3 is 0 Å². The first-order valence-corrected chi connectivity index (χ1v) is 8.25. The fourth-order valence-electron chi connectivity index (χ4n) is 4.02. The highest BCUT2D eigenvalue weighted by Gasteiger charge is 2.57. The highest BCUT2D eigenvalue weighted by Crippen LogP contribution is 2.61. The highest BCUT2D eigenvalue weighted by molar-refractivity contribution is 5.97. The molecule has 0 spiro atoms. The quantitative estimate of drug-likeness (QED) is 0.831. The van der Waals surface area contributed by atoms with Crippen molar-refractivity contribution in [2.75, 3.05) is 6.54 Å². The van der Waals surface area contributed by atoms with Gasteiger partial charge in [-0.3, -0.25) is 9.59 Å². The molecule has 1 saturated heterocycles. The molecule has 4 aliphatic rings. The van der Waals surface area contributed by atoms with E-state index >= 15 is 0 Å².